The molecule has 0 bridgehead atoms. The van der Waals surface area contributed by atoms with Crippen molar-refractivity contribution in [2.24, 2.45) is 0 Å². The fourth-order valence-corrected chi connectivity index (χ4v) is 3.96. The second kappa shape index (κ2) is 7.26. The highest BCUT2D eigenvalue weighted by molar-refractivity contribution is 5.81. The maximum atomic E-state index is 12.6. The molecule has 0 saturated carbocycles. The maximum Gasteiger partial charge on any atom is 0.260 e. The predicted octanol–water partition coefficient (Wildman–Crippen LogP) is 1.85. The number of nitrogens with one attached hydrogen (secondary N) is 2. The number of nitrogens with zero attached hydrogens (tertiary/aromatic N) is 4. The van der Waals surface area contributed by atoms with Crippen molar-refractivity contribution in [1.82, 2.24) is 30.8 Å². The van der Waals surface area contributed by atoms with E-state index in [4.69, 9.17) is 4.74 Å². The van der Waals surface area contributed by atoms with Gasteiger partial charge in [-0.15, -0.1) is 5.10 Å². The largest absolute Gasteiger partial charge is 0.481 e. The van der Waals surface area contributed by atoms with Crippen LogP contribution < -0.4 is 15.4 Å². The third-order valence-corrected chi connectivity index (χ3v) is 4.67. The normalized spacial score (nSPS) is 20.0. The molecule has 0 spiro atoms. The Labute approximate surface area is 159 Å². The van der Waals surface area contributed by atoms with E-state index in [1.165, 1.54) is 6.33 Å². The molecule has 146 valence electrons. The molecule has 2 aromatic rings. The van der Waals surface area contributed by atoms with Crippen LogP contribution in [0.2, 0.25) is 0 Å². The van der Waals surface area contributed by atoms with Gasteiger partial charge in [0.2, 0.25) is 0 Å². The summed E-state index contributed by atoms with van der Waals surface area (Å²) in [6.45, 7) is 10.4. The van der Waals surface area contributed by atoms with Crippen molar-refractivity contribution >= 4 is 5.91 Å². The standard InChI is InChI=1S/C19H28N6O2/c1-13(17(26)21-14-10-18(2,3)22-19(4,5)11-14)27-16-8-6-15(7-9-16)25-12-20-23-24-25/h6-9,12-14,22H,10-11H2,1-5H3,(H,21,26)/t13-/m1/s1. The van der Waals surface area contributed by atoms with E-state index in [0.29, 0.717) is 5.75 Å². The van der Waals surface area contributed by atoms with Crippen molar-refractivity contribution in [3.8, 4) is 11.4 Å². The van der Waals surface area contributed by atoms with Crippen molar-refractivity contribution in [1.29, 1.82) is 0 Å². The van der Waals surface area contributed by atoms with Crippen molar-refractivity contribution < 1.29 is 9.53 Å². The Kier molecular flexibility index (Phi) is 5.19. The van der Waals surface area contributed by atoms with E-state index in [0.717, 1.165) is 18.5 Å². The molecule has 1 aromatic heterocycles. The summed E-state index contributed by atoms with van der Waals surface area (Å²) in [7, 11) is 0. The molecule has 2 N–H and O–H groups in total. The molecule has 1 amide bonds. The molecule has 0 radical (unpaired) electrons. The number of rotatable bonds is 5. The van der Waals surface area contributed by atoms with Gasteiger partial charge in [-0.1, -0.05) is 0 Å². The van der Waals surface area contributed by atoms with Crippen LogP contribution >= 0.6 is 0 Å². The highest BCUT2D eigenvalue weighted by Gasteiger charge is 2.38. The summed E-state index contributed by atoms with van der Waals surface area (Å²) in [4.78, 5) is 12.6. The molecule has 1 atom stereocenters. The van der Waals surface area contributed by atoms with Crippen molar-refractivity contribution in [3.63, 3.8) is 0 Å². The van der Waals surface area contributed by atoms with Gasteiger partial charge in [0.1, 0.15) is 12.1 Å². The van der Waals surface area contributed by atoms with Crippen LogP contribution in [0.1, 0.15) is 47.5 Å². The summed E-state index contributed by atoms with van der Waals surface area (Å²) in [5, 5.41) is 17.8. The summed E-state index contributed by atoms with van der Waals surface area (Å²) in [5.74, 6) is 0.526. The van der Waals surface area contributed by atoms with Crippen LogP contribution in [0.5, 0.6) is 5.75 Å². The zero-order valence-electron chi connectivity index (χ0n) is 16.6. The number of carbonyl (C=O) groups excluding carboxylic acids is 1. The van der Waals surface area contributed by atoms with Crippen LogP contribution in [0.25, 0.3) is 5.69 Å². The number of hydrogen-bond acceptors (Lipinski definition) is 6. The first kappa shape index (κ1) is 19.3. The second-order valence-electron chi connectivity index (χ2n) is 8.51. The predicted molar refractivity (Wildman–Crippen MR) is 102 cm³/mol. The highest BCUT2D eigenvalue weighted by Crippen LogP contribution is 2.28. The Morgan fingerprint density at radius 3 is 2.41 bits per heavy atom. The topological polar surface area (TPSA) is 94.0 Å². The molecular weight excluding hydrogens is 344 g/mol. The zero-order chi connectivity index (χ0) is 19.7. The number of piperidine rings is 1. The zero-order valence-corrected chi connectivity index (χ0v) is 16.6. The molecule has 1 saturated heterocycles. The van der Waals surface area contributed by atoms with Crippen molar-refractivity contribution in [3.05, 3.63) is 30.6 Å². The Bertz CT molecular complexity index is 754. The first-order valence-electron chi connectivity index (χ1n) is 9.23. The van der Waals surface area contributed by atoms with Gasteiger partial charge in [0.25, 0.3) is 5.91 Å². The lowest BCUT2D eigenvalue weighted by Gasteiger charge is -2.46. The van der Waals surface area contributed by atoms with E-state index < -0.39 is 6.10 Å². The van der Waals surface area contributed by atoms with Crippen molar-refractivity contribution in [2.75, 3.05) is 0 Å². The molecule has 1 aromatic carbocycles. The average Bonchev–Trinajstić information content (AvgIpc) is 3.06. The SMILES string of the molecule is C[C@@H](Oc1ccc(-n2cnnn2)cc1)C(=O)NC1CC(C)(C)NC(C)(C)C1. The lowest BCUT2D eigenvalue weighted by molar-refractivity contribution is -0.128. The van der Waals surface area contributed by atoms with E-state index in [2.05, 4.69) is 53.9 Å². The minimum absolute atomic E-state index is 0.0180. The minimum atomic E-state index is -0.579. The van der Waals surface area contributed by atoms with Crippen LogP contribution in [0.3, 0.4) is 0 Å². The van der Waals surface area contributed by atoms with Crippen LogP contribution in [0.15, 0.2) is 30.6 Å². The van der Waals surface area contributed by atoms with Crippen LogP contribution in [-0.2, 0) is 4.79 Å². The third-order valence-electron chi connectivity index (χ3n) is 4.67. The van der Waals surface area contributed by atoms with Gasteiger partial charge in [-0.05, 0) is 82.2 Å². The fourth-order valence-electron chi connectivity index (χ4n) is 3.96. The molecule has 8 heteroatoms. The maximum absolute atomic E-state index is 12.6. The number of ether oxygens (including phenoxy) is 1. The Balaban J connectivity index is 1.57. The number of carbonyl (C=O) groups is 1. The average molecular weight is 372 g/mol. The number of aromatic nitrogens is 4. The molecule has 3 rings (SSSR count). The van der Waals surface area contributed by atoms with E-state index in [-0.39, 0.29) is 23.0 Å². The first-order chi connectivity index (χ1) is 12.6. The summed E-state index contributed by atoms with van der Waals surface area (Å²) in [6.07, 6.45) is 2.71. The van der Waals surface area contributed by atoms with Crippen molar-refractivity contribution in [2.45, 2.75) is 70.7 Å². The molecule has 1 aliphatic heterocycles. The number of benzene rings is 1. The van der Waals surface area contributed by atoms with E-state index >= 15 is 0 Å². The van der Waals surface area contributed by atoms with Gasteiger partial charge in [0, 0.05) is 17.1 Å². The summed E-state index contributed by atoms with van der Waals surface area (Å²) in [6, 6.07) is 7.41. The lowest BCUT2D eigenvalue weighted by atomic mass is 9.79. The molecule has 0 aliphatic carbocycles. The van der Waals surface area contributed by atoms with Gasteiger partial charge in [-0.25, -0.2) is 4.68 Å². The van der Waals surface area contributed by atoms with Gasteiger partial charge in [-0.3, -0.25) is 4.79 Å². The summed E-state index contributed by atoms with van der Waals surface area (Å²) >= 11 is 0. The number of hydrogen-bond donors (Lipinski definition) is 2. The molecule has 0 unspecified atom stereocenters. The quantitative estimate of drug-likeness (QED) is 0.832. The number of amides is 1. The van der Waals surface area contributed by atoms with Gasteiger partial charge < -0.3 is 15.4 Å². The molecule has 27 heavy (non-hydrogen) atoms. The molecule has 8 nitrogen and oxygen atoms in total. The summed E-state index contributed by atoms with van der Waals surface area (Å²) < 4.78 is 7.36. The smallest absolute Gasteiger partial charge is 0.260 e. The van der Waals surface area contributed by atoms with Crippen LogP contribution in [0.4, 0.5) is 0 Å². The minimum Gasteiger partial charge on any atom is -0.481 e. The Morgan fingerprint density at radius 2 is 1.85 bits per heavy atom. The molecule has 1 fully saturated rings. The van der Waals surface area contributed by atoms with E-state index in [1.54, 1.807) is 23.7 Å². The number of tetrazole rings is 1. The fraction of sp³-hybridized carbons (Fsp3) is 0.579. The second-order valence-corrected chi connectivity index (χ2v) is 8.51. The third kappa shape index (κ3) is 5.03. The Hall–Kier alpha value is -2.48. The molecule has 2 heterocycles. The lowest BCUT2D eigenvalue weighted by Crippen LogP contribution is -2.62. The van der Waals surface area contributed by atoms with Crippen LogP contribution in [0, 0.1) is 0 Å². The monoisotopic (exact) mass is 372 g/mol. The van der Waals surface area contributed by atoms with Crippen LogP contribution in [-0.4, -0.2) is 49.3 Å². The first-order valence-corrected chi connectivity index (χ1v) is 9.23. The van der Waals surface area contributed by atoms with E-state index in [9.17, 15) is 4.79 Å². The summed E-state index contributed by atoms with van der Waals surface area (Å²) in [5.41, 5.74) is 0.787. The Morgan fingerprint density at radius 1 is 1.22 bits per heavy atom. The van der Waals surface area contributed by atoms with Gasteiger partial charge in [0.05, 0.1) is 5.69 Å². The van der Waals surface area contributed by atoms with E-state index in [1.807, 2.05) is 12.1 Å². The molecule has 1 aliphatic rings. The van der Waals surface area contributed by atoms with Gasteiger partial charge in [-0.2, -0.15) is 0 Å². The highest BCUT2D eigenvalue weighted by atomic mass is 16.5. The van der Waals surface area contributed by atoms with Gasteiger partial charge >= 0.3 is 0 Å². The van der Waals surface area contributed by atoms with Gasteiger partial charge in [0.15, 0.2) is 6.10 Å². The molecular formula is C19H28N6O2.